The van der Waals surface area contributed by atoms with Gasteiger partial charge in [-0.05, 0) is 11.4 Å². The molecule has 0 saturated carbocycles. The summed E-state index contributed by atoms with van der Waals surface area (Å²) in [5.41, 5.74) is 1.08. The molecule has 1 aromatic carbocycles. The van der Waals surface area contributed by atoms with Crippen molar-refractivity contribution in [1.29, 1.82) is 0 Å². The molecule has 4 aromatic rings. The Bertz CT molecular complexity index is 959. The molecule has 118 valence electrons. The second-order valence-corrected chi connectivity index (χ2v) is 5.78. The Balaban J connectivity index is 1.56. The zero-order chi connectivity index (χ0) is 16.4. The van der Waals surface area contributed by atoms with E-state index in [1.165, 1.54) is 17.7 Å². The Kier molecular flexibility index (Phi) is 3.64. The minimum absolute atomic E-state index is 0.180. The fourth-order valence-electron chi connectivity index (χ4n) is 2.19. The van der Waals surface area contributed by atoms with E-state index < -0.39 is 5.91 Å². The zero-order valence-electron chi connectivity index (χ0n) is 12.3. The van der Waals surface area contributed by atoms with Gasteiger partial charge >= 0.3 is 0 Å². The van der Waals surface area contributed by atoms with Crippen molar-refractivity contribution in [3.05, 3.63) is 59.9 Å². The molecule has 1 amide bonds. The summed E-state index contributed by atoms with van der Waals surface area (Å²) < 4.78 is 5.33. The van der Waals surface area contributed by atoms with Gasteiger partial charge in [0, 0.05) is 5.56 Å². The average Bonchev–Trinajstić information content (AvgIpc) is 3.36. The maximum atomic E-state index is 12.4. The first-order chi connectivity index (χ1) is 11.8. The van der Waals surface area contributed by atoms with Crippen LogP contribution in [-0.2, 0) is 0 Å². The van der Waals surface area contributed by atoms with Crippen LogP contribution in [0.15, 0.2) is 58.7 Å². The van der Waals surface area contributed by atoms with Crippen molar-refractivity contribution in [1.82, 2.24) is 20.2 Å². The van der Waals surface area contributed by atoms with Crippen LogP contribution in [0.5, 0.6) is 0 Å². The molecule has 0 aliphatic rings. The molecule has 0 aliphatic heterocycles. The number of hydrogen-bond acceptors (Lipinski definition) is 6. The number of nitrogens with zero attached hydrogens (tertiary/aromatic N) is 3. The molecule has 0 bridgehead atoms. The highest BCUT2D eigenvalue weighted by Gasteiger charge is 2.20. The number of carbonyl (C=O) groups is 1. The summed E-state index contributed by atoms with van der Waals surface area (Å²) in [6.45, 7) is 0. The van der Waals surface area contributed by atoms with Crippen LogP contribution in [0.25, 0.3) is 22.0 Å². The van der Waals surface area contributed by atoms with Crippen molar-refractivity contribution in [2.45, 2.75) is 0 Å². The molecule has 3 heterocycles. The van der Waals surface area contributed by atoms with Gasteiger partial charge in [0.15, 0.2) is 23.7 Å². The normalized spacial score (nSPS) is 10.7. The van der Waals surface area contributed by atoms with E-state index >= 15 is 0 Å². The lowest BCUT2D eigenvalue weighted by atomic mass is 10.2. The van der Waals surface area contributed by atoms with Gasteiger partial charge in [-0.25, -0.2) is 4.98 Å². The molecular weight excluding hydrogens is 326 g/mol. The number of nitrogens with one attached hydrogen (secondary N) is 2. The van der Waals surface area contributed by atoms with Gasteiger partial charge < -0.3 is 4.42 Å². The zero-order valence-corrected chi connectivity index (χ0v) is 13.1. The summed E-state index contributed by atoms with van der Waals surface area (Å²) in [6.07, 6.45) is 1.25. The number of aromatic amines is 1. The summed E-state index contributed by atoms with van der Waals surface area (Å²) in [6, 6.07) is 13.3. The topological polar surface area (TPSA) is 96.7 Å². The van der Waals surface area contributed by atoms with Crippen LogP contribution < -0.4 is 5.32 Å². The molecule has 0 fully saturated rings. The number of hydrogen-bond donors (Lipinski definition) is 2. The molecule has 2 N–H and O–H groups in total. The summed E-state index contributed by atoms with van der Waals surface area (Å²) in [7, 11) is 0. The smallest absolute Gasteiger partial charge is 0.280 e. The van der Waals surface area contributed by atoms with Gasteiger partial charge in [-0.3, -0.25) is 15.2 Å². The number of H-pyrrole nitrogens is 1. The van der Waals surface area contributed by atoms with E-state index in [1.54, 1.807) is 0 Å². The Morgan fingerprint density at radius 2 is 2.04 bits per heavy atom. The Labute approximate surface area is 140 Å². The fraction of sp³-hybridized carbons (Fsp3) is 0. The predicted octanol–water partition coefficient (Wildman–Crippen LogP) is 3.44. The first-order valence-corrected chi connectivity index (χ1v) is 7.96. The van der Waals surface area contributed by atoms with E-state index in [4.69, 9.17) is 4.42 Å². The number of anilines is 1. The number of oxazole rings is 1. The lowest BCUT2D eigenvalue weighted by Gasteiger charge is -1.99. The number of carbonyl (C=O) groups excluding carboxylic acids is 1. The third-order valence-electron chi connectivity index (χ3n) is 3.29. The fourth-order valence-corrected chi connectivity index (χ4v) is 2.91. The van der Waals surface area contributed by atoms with Crippen LogP contribution in [0, 0.1) is 0 Å². The molecule has 3 aromatic heterocycles. The van der Waals surface area contributed by atoms with Gasteiger partial charge in [-0.2, -0.15) is 4.98 Å². The molecule has 0 atom stereocenters. The largest absolute Gasteiger partial charge is 0.442 e. The third-order valence-corrected chi connectivity index (χ3v) is 4.15. The average molecular weight is 337 g/mol. The molecular formula is C16H11N5O2S. The molecule has 8 heteroatoms. The second-order valence-electron chi connectivity index (χ2n) is 4.84. The first-order valence-electron chi connectivity index (χ1n) is 7.08. The van der Waals surface area contributed by atoms with Crippen LogP contribution in [0.2, 0.25) is 0 Å². The van der Waals surface area contributed by atoms with Crippen molar-refractivity contribution in [3.63, 3.8) is 0 Å². The first kappa shape index (κ1) is 14.3. The lowest BCUT2D eigenvalue weighted by molar-refractivity contribution is 0.102. The Morgan fingerprint density at radius 3 is 2.83 bits per heavy atom. The molecule has 7 nitrogen and oxygen atoms in total. The van der Waals surface area contributed by atoms with E-state index in [1.807, 2.05) is 47.8 Å². The van der Waals surface area contributed by atoms with Crippen LogP contribution in [0.1, 0.15) is 10.5 Å². The van der Waals surface area contributed by atoms with E-state index in [0.717, 1.165) is 10.4 Å². The quantitative estimate of drug-likeness (QED) is 0.594. The standard InChI is InChI=1S/C16H11N5O2S/c22-15(12-13(23-9-17-12)11-7-4-8-24-11)19-16-18-14(20-21-16)10-5-2-1-3-6-10/h1-9H,(H2,18,19,20,21,22). The molecule has 0 aliphatic carbocycles. The van der Waals surface area contributed by atoms with Crippen LogP contribution in [-0.4, -0.2) is 26.1 Å². The van der Waals surface area contributed by atoms with Crippen LogP contribution >= 0.6 is 11.3 Å². The van der Waals surface area contributed by atoms with Gasteiger partial charge in [0.25, 0.3) is 5.91 Å². The molecule has 4 rings (SSSR count). The van der Waals surface area contributed by atoms with E-state index in [-0.39, 0.29) is 11.6 Å². The summed E-state index contributed by atoms with van der Waals surface area (Å²) in [4.78, 5) is 21.5. The van der Waals surface area contributed by atoms with Gasteiger partial charge in [-0.1, -0.05) is 36.4 Å². The van der Waals surface area contributed by atoms with Crippen molar-refractivity contribution >= 4 is 23.2 Å². The van der Waals surface area contributed by atoms with Gasteiger partial charge in [-0.15, -0.1) is 16.4 Å². The van der Waals surface area contributed by atoms with Crippen LogP contribution in [0.3, 0.4) is 0 Å². The number of aromatic nitrogens is 4. The third kappa shape index (κ3) is 2.70. The number of amides is 1. The number of benzene rings is 1. The van der Waals surface area contributed by atoms with E-state index in [0.29, 0.717) is 11.6 Å². The molecule has 0 unspecified atom stereocenters. The van der Waals surface area contributed by atoms with E-state index in [9.17, 15) is 4.79 Å². The molecule has 0 spiro atoms. The molecule has 0 radical (unpaired) electrons. The number of thiophene rings is 1. The van der Waals surface area contributed by atoms with Crippen molar-refractivity contribution in [2.75, 3.05) is 5.32 Å². The highest BCUT2D eigenvalue weighted by atomic mass is 32.1. The number of rotatable bonds is 4. The minimum atomic E-state index is -0.425. The summed E-state index contributed by atoms with van der Waals surface area (Å²) in [5, 5.41) is 11.3. The predicted molar refractivity (Wildman–Crippen MR) is 89.6 cm³/mol. The maximum Gasteiger partial charge on any atom is 0.280 e. The van der Waals surface area contributed by atoms with Crippen LogP contribution in [0.4, 0.5) is 5.95 Å². The van der Waals surface area contributed by atoms with E-state index in [2.05, 4.69) is 25.5 Å². The van der Waals surface area contributed by atoms with Crippen molar-refractivity contribution in [3.8, 4) is 22.0 Å². The molecule has 0 saturated heterocycles. The maximum absolute atomic E-state index is 12.4. The summed E-state index contributed by atoms with van der Waals surface area (Å²) in [5.74, 6) is 0.760. The minimum Gasteiger partial charge on any atom is -0.442 e. The van der Waals surface area contributed by atoms with Gasteiger partial charge in [0.1, 0.15) is 0 Å². The monoisotopic (exact) mass is 337 g/mol. The Hall–Kier alpha value is -3.26. The highest BCUT2D eigenvalue weighted by Crippen LogP contribution is 2.27. The lowest BCUT2D eigenvalue weighted by Crippen LogP contribution is -2.14. The summed E-state index contributed by atoms with van der Waals surface area (Å²) >= 11 is 1.47. The molecule has 24 heavy (non-hydrogen) atoms. The van der Waals surface area contributed by atoms with Crippen molar-refractivity contribution in [2.24, 2.45) is 0 Å². The van der Waals surface area contributed by atoms with Gasteiger partial charge in [0.05, 0.1) is 4.88 Å². The Morgan fingerprint density at radius 1 is 1.17 bits per heavy atom. The SMILES string of the molecule is O=C(Nc1n[nH]c(-c2ccccc2)n1)c1ncoc1-c1cccs1. The van der Waals surface area contributed by atoms with Crippen molar-refractivity contribution < 1.29 is 9.21 Å². The van der Waals surface area contributed by atoms with Gasteiger partial charge in [0.2, 0.25) is 5.95 Å². The highest BCUT2D eigenvalue weighted by molar-refractivity contribution is 7.13. The second kappa shape index (κ2) is 6.09.